The van der Waals surface area contributed by atoms with Crippen LogP contribution in [0, 0.1) is 23.7 Å². The Hall–Kier alpha value is -2.46. The van der Waals surface area contributed by atoms with E-state index >= 15 is 0 Å². The molecule has 8 rings (SSSR count). The van der Waals surface area contributed by atoms with Crippen molar-refractivity contribution in [2.24, 2.45) is 23.7 Å². The van der Waals surface area contributed by atoms with Gasteiger partial charge < -0.3 is 118 Å². The molecule has 23 atom stereocenters. The topological polar surface area (TPSA) is 402 Å². The maximum atomic E-state index is 13.1. The summed E-state index contributed by atoms with van der Waals surface area (Å²) in [5.74, 6) is -2.66. The molecule has 0 amide bonds. The van der Waals surface area contributed by atoms with Gasteiger partial charge in [-0.3, -0.25) is 0 Å². The van der Waals surface area contributed by atoms with Gasteiger partial charge in [-0.25, -0.2) is 9.59 Å². The van der Waals surface area contributed by atoms with E-state index in [1.807, 2.05) is 0 Å². The molecule has 4 saturated carbocycles. The van der Waals surface area contributed by atoms with E-state index in [9.17, 15) is 76.0 Å². The number of hydrogen-bond donors (Lipinski definition) is 13. The SMILES string of the molecule is COC1CC(C=CC(=O)OC[C@H]2O[C@@H](O[C@H]3[C@H](OC4CC5C(O[C@@H]6O[C@H](CO)[C@@H](O)[C@H](O)[C@H]6O)CC(O)CC5[OH+]C4C4CCC(O)CC4)O[C@H](COC(=O)C=CC4CCC(O)CC4)[C@@H](O)[C@@H]3O)[C@H](O)[C@@H](O)[C@@H]2O)CC(OC)C1O. The molecule has 0 aromatic heterocycles. The molecule has 0 bridgehead atoms. The lowest BCUT2D eigenvalue weighted by atomic mass is 9.73. The molecule has 4 heterocycles. The highest BCUT2D eigenvalue weighted by atomic mass is 16.8. The van der Waals surface area contributed by atoms with Crippen molar-refractivity contribution in [3.05, 3.63) is 24.3 Å². The van der Waals surface area contributed by atoms with Gasteiger partial charge >= 0.3 is 11.9 Å². The first-order chi connectivity index (χ1) is 37.8. The summed E-state index contributed by atoms with van der Waals surface area (Å²) < 4.78 is 64.3. The van der Waals surface area contributed by atoms with Gasteiger partial charge in [0.2, 0.25) is 0 Å². The molecular weight excluding hydrogens is 1050 g/mol. The van der Waals surface area contributed by atoms with Crippen LogP contribution in [0.5, 0.6) is 0 Å². The van der Waals surface area contributed by atoms with Crippen molar-refractivity contribution in [1.29, 1.82) is 0 Å². The van der Waals surface area contributed by atoms with Crippen LogP contribution in [-0.4, -0.2) is 270 Å². The van der Waals surface area contributed by atoms with Crippen LogP contribution in [0.4, 0.5) is 0 Å². The van der Waals surface area contributed by atoms with Crippen molar-refractivity contribution < 1.29 is 128 Å². The lowest BCUT2D eigenvalue weighted by Gasteiger charge is -2.50. The van der Waals surface area contributed by atoms with E-state index in [2.05, 4.69) is 0 Å². The van der Waals surface area contributed by atoms with Crippen LogP contribution < -0.4 is 0 Å². The molecule has 4 aliphatic heterocycles. The maximum absolute atomic E-state index is 13.1. The number of allylic oxidation sites excluding steroid dienone is 2. The van der Waals surface area contributed by atoms with Crippen molar-refractivity contribution in [3.63, 3.8) is 0 Å². The van der Waals surface area contributed by atoms with Crippen molar-refractivity contribution in [3.8, 4) is 0 Å². The molecule has 79 heavy (non-hydrogen) atoms. The van der Waals surface area contributed by atoms with E-state index < -0.39 is 191 Å². The monoisotopic (exact) mass is 1140 g/mol. The van der Waals surface area contributed by atoms with Crippen molar-refractivity contribution in [2.45, 2.75) is 237 Å². The van der Waals surface area contributed by atoms with E-state index in [-0.39, 0.29) is 37.0 Å². The molecule has 0 spiro atoms. The number of rotatable bonds is 18. The van der Waals surface area contributed by atoms with E-state index in [1.165, 1.54) is 20.3 Å². The van der Waals surface area contributed by atoms with Crippen LogP contribution in [0.15, 0.2) is 24.3 Å². The van der Waals surface area contributed by atoms with Crippen molar-refractivity contribution in [1.82, 2.24) is 0 Å². The molecule has 8 unspecified atom stereocenters. The first-order valence-electron chi connectivity index (χ1n) is 27.9. The second kappa shape index (κ2) is 28.4. The number of esters is 2. The molecule has 26 nitrogen and oxygen atoms in total. The summed E-state index contributed by atoms with van der Waals surface area (Å²) in [5.41, 5.74) is 0. The van der Waals surface area contributed by atoms with E-state index in [0.29, 0.717) is 64.2 Å². The van der Waals surface area contributed by atoms with Gasteiger partial charge in [0, 0.05) is 45.1 Å². The zero-order valence-corrected chi connectivity index (χ0v) is 44.5. The van der Waals surface area contributed by atoms with Crippen LogP contribution in [-0.2, 0) is 57.0 Å². The first kappa shape index (κ1) is 62.6. The Morgan fingerprint density at radius 3 is 1.54 bits per heavy atom. The van der Waals surface area contributed by atoms with Crippen molar-refractivity contribution in [2.75, 3.05) is 34.0 Å². The minimum atomic E-state index is -2.02. The van der Waals surface area contributed by atoms with Gasteiger partial charge in [-0.05, 0) is 82.5 Å². The third-order valence-corrected chi connectivity index (χ3v) is 17.5. The number of hydrogen-bond acceptors (Lipinski definition) is 25. The van der Waals surface area contributed by atoms with Gasteiger partial charge in [-0.2, -0.15) is 0 Å². The predicted molar refractivity (Wildman–Crippen MR) is 265 cm³/mol. The summed E-state index contributed by atoms with van der Waals surface area (Å²) >= 11 is 0. The number of fused-ring (bicyclic) bond motifs is 1. The number of carbonyl (C=O) groups excluding carboxylic acids is 2. The minimum absolute atomic E-state index is 0.00681. The van der Waals surface area contributed by atoms with Gasteiger partial charge in [0.25, 0.3) is 0 Å². The molecule has 8 fully saturated rings. The van der Waals surface area contributed by atoms with E-state index in [0.717, 1.165) is 6.08 Å². The molecule has 4 aliphatic carbocycles. The van der Waals surface area contributed by atoms with Gasteiger partial charge in [-0.15, -0.1) is 0 Å². The van der Waals surface area contributed by atoms with E-state index in [4.69, 9.17) is 52.1 Å². The standard InChI is InChI=1S/C53H84O26/c1-69-32-15-24(16-33(70-2)40(32)60)6-14-39(59)71-21-36-42(62)45(65)48(68)52(77-36)79-50-46(66)43(63)37(22-72-38(58)13-5-23-3-9-26(55)10-4-23)78-53(50)75-34-19-29-30(73-49(34)25-7-11-27(56)12-8-25)17-28(57)18-31(29)74-51-47(67)44(64)41(61)35(20-54)76-51/h5-6,13-14,23-37,40-57,60-68H,3-4,7-12,15-22H2,1-2H3/p+1/t23?,24?,25?,26?,27?,28?,29?,30?,31?,32?,33?,34?,35-,36-,37-,40?,41-,42-,43-,44+,45+,46+,47-,48-,49?,50-,51-,52+,53-/m1/s1. The summed E-state index contributed by atoms with van der Waals surface area (Å²) in [6.07, 6.45) is -22.0. The molecule has 0 aromatic carbocycles. The average molecular weight is 1140 g/mol. The van der Waals surface area contributed by atoms with Gasteiger partial charge in [-0.1, -0.05) is 12.2 Å². The molecule has 8 aliphatic rings. The number of methoxy groups -OCH3 is 2. The smallest absolute Gasteiger partial charge is 0.330 e. The average Bonchev–Trinajstić information content (AvgIpc) is 3.61. The Bertz CT molecular complexity index is 1950. The summed E-state index contributed by atoms with van der Waals surface area (Å²) in [5, 5.41) is 141. The molecule has 4 saturated heterocycles. The largest absolute Gasteiger partial charge is 0.460 e. The third kappa shape index (κ3) is 15.3. The quantitative estimate of drug-likeness (QED) is 0.0351. The fourth-order valence-corrected chi connectivity index (χ4v) is 12.7. The lowest BCUT2D eigenvalue weighted by molar-refractivity contribution is -0.389. The highest BCUT2D eigenvalue weighted by molar-refractivity contribution is 5.82. The molecule has 26 heteroatoms. The third-order valence-electron chi connectivity index (χ3n) is 17.5. The summed E-state index contributed by atoms with van der Waals surface area (Å²) in [6, 6.07) is 0. The fraction of sp³-hybridized carbons (Fsp3) is 0.887. The zero-order chi connectivity index (χ0) is 56.8. The Kier molecular flexibility index (Phi) is 22.5. The Morgan fingerprint density at radius 1 is 0.481 bits per heavy atom. The Morgan fingerprint density at radius 2 is 0.975 bits per heavy atom. The number of aliphatic hydroxyl groups excluding tert-OH is 13. The number of ether oxygens (including phenoxy) is 11. The minimum Gasteiger partial charge on any atom is -0.460 e. The summed E-state index contributed by atoms with van der Waals surface area (Å²) in [4.78, 5) is 26.1. The molecular formula is C53H85O26+. The van der Waals surface area contributed by atoms with Crippen LogP contribution >= 0.6 is 0 Å². The van der Waals surface area contributed by atoms with Crippen LogP contribution in [0.1, 0.15) is 83.5 Å². The highest BCUT2D eigenvalue weighted by Gasteiger charge is 2.58. The molecule has 452 valence electrons. The number of aliphatic hydroxyl groups is 15. The maximum Gasteiger partial charge on any atom is 0.330 e. The second-order valence-electron chi connectivity index (χ2n) is 22.8. The molecule has 0 radical (unpaired) electrons. The second-order valence-corrected chi connectivity index (χ2v) is 22.8. The normalized spacial score (nSPS) is 48.1. The molecule has 14 N–H and O–H groups in total. The fourth-order valence-electron chi connectivity index (χ4n) is 12.7. The van der Waals surface area contributed by atoms with Crippen LogP contribution in [0.3, 0.4) is 0 Å². The highest BCUT2D eigenvalue weighted by Crippen LogP contribution is 2.44. The number of carbonyl (C=O) groups is 2. The Balaban J connectivity index is 1.02. The van der Waals surface area contributed by atoms with Gasteiger partial charge in [0.05, 0.1) is 49.1 Å². The predicted octanol–water partition coefficient (Wildman–Crippen LogP) is -4.26. The van der Waals surface area contributed by atoms with E-state index in [1.54, 1.807) is 12.2 Å². The first-order valence-corrected chi connectivity index (χ1v) is 27.9. The summed E-state index contributed by atoms with van der Waals surface area (Å²) in [6.45, 7) is -1.98. The summed E-state index contributed by atoms with van der Waals surface area (Å²) in [7, 11) is 2.91. The van der Waals surface area contributed by atoms with Crippen LogP contribution in [0.25, 0.3) is 0 Å². The Labute approximate surface area is 457 Å². The van der Waals surface area contributed by atoms with Gasteiger partial charge in [0.15, 0.2) is 31.1 Å². The van der Waals surface area contributed by atoms with Crippen molar-refractivity contribution >= 4 is 11.9 Å². The zero-order valence-electron chi connectivity index (χ0n) is 44.5. The lowest BCUT2D eigenvalue weighted by Crippen LogP contribution is -2.66. The van der Waals surface area contributed by atoms with Crippen LogP contribution in [0.2, 0.25) is 0 Å². The molecule has 0 aromatic rings. The van der Waals surface area contributed by atoms with Gasteiger partial charge in [0.1, 0.15) is 98.7 Å².